The lowest BCUT2D eigenvalue weighted by atomic mass is 10.2. The first-order valence-corrected chi connectivity index (χ1v) is 4.53. The van der Waals surface area contributed by atoms with Crippen molar-refractivity contribution in [3.8, 4) is 0 Å². The Labute approximate surface area is 88.3 Å². The molecule has 0 radical (unpaired) electrons. The van der Waals surface area contributed by atoms with Crippen molar-refractivity contribution >= 4 is 33.6 Å². The van der Waals surface area contributed by atoms with Crippen LogP contribution in [0, 0.1) is 10.1 Å². The maximum Gasteiger partial charge on any atom is 0.235 e. The van der Waals surface area contributed by atoms with Crippen molar-refractivity contribution in [2.75, 3.05) is 0 Å². The van der Waals surface area contributed by atoms with Gasteiger partial charge in [0.2, 0.25) is 6.20 Å². The summed E-state index contributed by atoms with van der Waals surface area (Å²) in [5.41, 5.74) is 0.699. The van der Waals surface area contributed by atoms with E-state index in [1.165, 1.54) is 6.08 Å². The van der Waals surface area contributed by atoms with E-state index < -0.39 is 4.92 Å². The Kier molecular flexibility index (Phi) is 3.45. The maximum absolute atomic E-state index is 10.0. The molecule has 0 amide bonds. The average molecular weight is 262 g/mol. The summed E-state index contributed by atoms with van der Waals surface area (Å²) in [5, 5.41) is 10.5. The number of benzene rings is 1. The van der Waals surface area contributed by atoms with Gasteiger partial charge < -0.3 is 0 Å². The molecule has 0 aliphatic rings. The zero-order valence-corrected chi connectivity index (χ0v) is 8.75. The molecule has 5 heteroatoms. The van der Waals surface area contributed by atoms with Gasteiger partial charge in [0.05, 0.1) is 9.95 Å². The summed E-state index contributed by atoms with van der Waals surface area (Å²) >= 11 is 9.00. The molecule has 0 spiro atoms. The number of nitrogens with zero attached hydrogens (tertiary/aromatic N) is 1. The van der Waals surface area contributed by atoms with Gasteiger partial charge in [0.15, 0.2) is 0 Å². The molecule has 0 unspecified atom stereocenters. The number of rotatable bonds is 2. The quantitative estimate of drug-likeness (QED) is 0.606. The van der Waals surface area contributed by atoms with Crippen molar-refractivity contribution in [2.24, 2.45) is 0 Å². The molecule has 1 aromatic carbocycles. The van der Waals surface area contributed by atoms with Crippen molar-refractivity contribution in [2.45, 2.75) is 0 Å². The summed E-state index contributed by atoms with van der Waals surface area (Å²) in [6.45, 7) is 0. The molecule has 1 rings (SSSR count). The van der Waals surface area contributed by atoms with Crippen LogP contribution in [0.3, 0.4) is 0 Å². The first kappa shape index (κ1) is 10.2. The van der Waals surface area contributed by atoms with Gasteiger partial charge in [-0.15, -0.1) is 0 Å². The summed E-state index contributed by atoms with van der Waals surface area (Å²) in [5.74, 6) is 0. The van der Waals surface area contributed by atoms with E-state index in [9.17, 15) is 10.1 Å². The normalized spacial score (nSPS) is 10.6. The monoisotopic (exact) mass is 261 g/mol. The summed E-state index contributed by atoms with van der Waals surface area (Å²) in [6.07, 6.45) is 2.26. The molecule has 68 valence electrons. The molecule has 0 N–H and O–H groups in total. The standard InChI is InChI=1S/C8H5BrClNO2/c9-7-2-1-6(5-8(7)10)3-4-11(12)13/h1-5H/b4-3+. The molecule has 0 saturated heterocycles. The Morgan fingerprint density at radius 1 is 1.54 bits per heavy atom. The summed E-state index contributed by atoms with van der Waals surface area (Å²) in [7, 11) is 0. The number of hydrogen-bond acceptors (Lipinski definition) is 2. The Bertz CT molecular complexity index is 365. The Morgan fingerprint density at radius 3 is 2.77 bits per heavy atom. The smallest absolute Gasteiger partial charge is 0.235 e. The molecule has 3 nitrogen and oxygen atoms in total. The van der Waals surface area contributed by atoms with Gasteiger partial charge in [-0.3, -0.25) is 10.1 Å². The molecule has 0 aliphatic heterocycles. The van der Waals surface area contributed by atoms with Gasteiger partial charge in [-0.25, -0.2) is 0 Å². The maximum atomic E-state index is 10.0. The highest BCUT2D eigenvalue weighted by Crippen LogP contribution is 2.23. The van der Waals surface area contributed by atoms with Gasteiger partial charge in [0.1, 0.15) is 0 Å². The Morgan fingerprint density at radius 2 is 2.23 bits per heavy atom. The molecular formula is C8H5BrClNO2. The SMILES string of the molecule is O=[N+]([O-])/C=C/c1ccc(Br)c(Cl)c1. The summed E-state index contributed by atoms with van der Waals surface area (Å²) < 4.78 is 0.771. The van der Waals surface area contributed by atoms with Crippen LogP contribution < -0.4 is 0 Å². The fourth-order valence-electron chi connectivity index (χ4n) is 0.763. The minimum atomic E-state index is -0.518. The first-order chi connectivity index (χ1) is 6.09. The minimum absolute atomic E-state index is 0.518. The van der Waals surface area contributed by atoms with Crippen LogP contribution in [-0.2, 0) is 0 Å². The molecule has 0 aromatic heterocycles. The van der Waals surface area contributed by atoms with Crippen LogP contribution in [0.1, 0.15) is 5.56 Å². The average Bonchev–Trinajstić information content (AvgIpc) is 2.07. The van der Waals surface area contributed by atoms with Gasteiger partial charge in [-0.2, -0.15) is 0 Å². The largest absolute Gasteiger partial charge is 0.259 e. The lowest BCUT2D eigenvalue weighted by Crippen LogP contribution is -1.82. The van der Waals surface area contributed by atoms with E-state index in [-0.39, 0.29) is 0 Å². The van der Waals surface area contributed by atoms with E-state index in [1.54, 1.807) is 18.2 Å². The zero-order chi connectivity index (χ0) is 9.84. The second-order valence-corrected chi connectivity index (χ2v) is 3.54. The van der Waals surface area contributed by atoms with Crippen molar-refractivity contribution in [1.29, 1.82) is 0 Å². The van der Waals surface area contributed by atoms with Crippen molar-refractivity contribution in [1.82, 2.24) is 0 Å². The van der Waals surface area contributed by atoms with E-state index in [0.717, 1.165) is 10.7 Å². The van der Waals surface area contributed by atoms with Crippen molar-refractivity contribution in [3.63, 3.8) is 0 Å². The van der Waals surface area contributed by atoms with E-state index in [4.69, 9.17) is 11.6 Å². The van der Waals surface area contributed by atoms with Crippen LogP contribution in [0.4, 0.5) is 0 Å². The number of hydrogen-bond donors (Lipinski definition) is 0. The van der Waals surface area contributed by atoms with E-state index >= 15 is 0 Å². The van der Waals surface area contributed by atoms with Crippen LogP contribution in [-0.4, -0.2) is 4.92 Å². The zero-order valence-electron chi connectivity index (χ0n) is 6.41. The number of halogens is 2. The lowest BCUT2D eigenvalue weighted by Gasteiger charge is -1.95. The molecule has 13 heavy (non-hydrogen) atoms. The van der Waals surface area contributed by atoms with Crippen LogP contribution in [0.5, 0.6) is 0 Å². The van der Waals surface area contributed by atoms with Crippen LogP contribution in [0.2, 0.25) is 5.02 Å². The van der Waals surface area contributed by atoms with E-state index in [2.05, 4.69) is 15.9 Å². The van der Waals surface area contributed by atoms with Crippen LogP contribution in [0.25, 0.3) is 6.08 Å². The third kappa shape index (κ3) is 3.16. The highest BCUT2D eigenvalue weighted by atomic mass is 79.9. The molecule has 0 bridgehead atoms. The van der Waals surface area contributed by atoms with Gasteiger partial charge in [0, 0.05) is 10.5 Å². The molecule has 1 aromatic rings. The predicted octanol–water partition coefficient (Wildman–Crippen LogP) is 3.35. The fourth-order valence-corrected chi connectivity index (χ4v) is 1.20. The predicted molar refractivity (Wildman–Crippen MR) is 55.2 cm³/mol. The molecular weight excluding hydrogens is 257 g/mol. The topological polar surface area (TPSA) is 43.1 Å². The fraction of sp³-hybridized carbons (Fsp3) is 0. The second-order valence-electron chi connectivity index (χ2n) is 2.27. The molecule has 0 aliphatic carbocycles. The Balaban J connectivity index is 2.92. The third-order valence-corrected chi connectivity index (χ3v) is 2.56. The van der Waals surface area contributed by atoms with Gasteiger partial charge >= 0.3 is 0 Å². The van der Waals surface area contributed by atoms with Gasteiger partial charge in [-0.1, -0.05) is 17.7 Å². The minimum Gasteiger partial charge on any atom is -0.259 e. The molecule has 0 heterocycles. The highest BCUT2D eigenvalue weighted by Gasteiger charge is 1.97. The summed E-state index contributed by atoms with van der Waals surface area (Å²) in [6, 6.07) is 5.11. The van der Waals surface area contributed by atoms with Gasteiger partial charge in [0.25, 0.3) is 0 Å². The number of nitro groups is 1. The summed E-state index contributed by atoms with van der Waals surface area (Å²) in [4.78, 5) is 9.48. The second kappa shape index (κ2) is 4.39. The third-order valence-electron chi connectivity index (χ3n) is 1.33. The highest BCUT2D eigenvalue weighted by molar-refractivity contribution is 9.10. The first-order valence-electron chi connectivity index (χ1n) is 3.36. The van der Waals surface area contributed by atoms with Crippen molar-refractivity contribution < 1.29 is 4.92 Å². The Hall–Kier alpha value is -0.870. The van der Waals surface area contributed by atoms with Gasteiger partial charge in [-0.05, 0) is 33.6 Å². The molecule has 0 fully saturated rings. The lowest BCUT2D eigenvalue weighted by molar-refractivity contribution is -0.400. The molecule has 0 atom stereocenters. The van der Waals surface area contributed by atoms with Crippen LogP contribution >= 0.6 is 27.5 Å². The van der Waals surface area contributed by atoms with Crippen molar-refractivity contribution in [3.05, 3.63) is 49.6 Å². The van der Waals surface area contributed by atoms with E-state index in [1.807, 2.05) is 0 Å². The van der Waals surface area contributed by atoms with E-state index in [0.29, 0.717) is 10.6 Å². The van der Waals surface area contributed by atoms with Crippen LogP contribution in [0.15, 0.2) is 28.9 Å². The molecule has 0 saturated carbocycles.